The first kappa shape index (κ1) is 16.1. The van der Waals surface area contributed by atoms with Crippen LogP contribution in [0.25, 0.3) is 0 Å². The van der Waals surface area contributed by atoms with Crippen LogP contribution in [0.3, 0.4) is 0 Å². The molecule has 0 aromatic heterocycles. The van der Waals surface area contributed by atoms with Gasteiger partial charge in [0, 0.05) is 17.1 Å². The number of hydrogen-bond donors (Lipinski definition) is 1. The van der Waals surface area contributed by atoms with Crippen molar-refractivity contribution in [1.82, 2.24) is 3.82 Å². The first-order valence-corrected chi connectivity index (χ1v) is 9.97. The predicted molar refractivity (Wildman–Crippen MR) is 107 cm³/mol. The summed E-state index contributed by atoms with van der Waals surface area (Å²) >= 11 is 3.40. The molecule has 0 amide bonds. The van der Waals surface area contributed by atoms with Crippen LogP contribution in [0.15, 0.2) is 82.6 Å². The van der Waals surface area contributed by atoms with Crippen LogP contribution < -0.4 is 10.3 Å². The Hall–Kier alpha value is -2.15. The van der Waals surface area contributed by atoms with Crippen LogP contribution in [0.5, 0.6) is 0 Å². The number of hydrogen-bond acceptors (Lipinski definition) is 5. The van der Waals surface area contributed by atoms with Gasteiger partial charge < -0.3 is 5.32 Å². The van der Waals surface area contributed by atoms with Crippen LogP contribution in [0, 0.1) is 5.82 Å². The second-order valence-corrected chi connectivity index (χ2v) is 8.35. The largest absolute Gasteiger partial charge is 0.382 e. The highest BCUT2D eigenvalue weighted by molar-refractivity contribution is 8.12. The molecule has 0 spiro atoms. The fourth-order valence-electron chi connectivity index (χ4n) is 3.33. The molecule has 2 aliphatic heterocycles. The lowest BCUT2D eigenvalue weighted by molar-refractivity contribution is 0.538. The van der Waals surface area contributed by atoms with Crippen LogP contribution in [0.2, 0.25) is 0 Å². The fourth-order valence-corrected chi connectivity index (χ4v) is 5.65. The van der Waals surface area contributed by atoms with Crippen LogP contribution in [-0.2, 0) is 0 Å². The Morgan fingerprint density at radius 1 is 0.885 bits per heavy atom. The molecule has 26 heavy (non-hydrogen) atoms. The molecule has 1 N–H and O–H groups in total. The smallest absolute Gasteiger partial charge is 0.123 e. The van der Waals surface area contributed by atoms with Gasteiger partial charge in [0.25, 0.3) is 0 Å². The molecule has 6 heteroatoms. The van der Waals surface area contributed by atoms with Crippen molar-refractivity contribution >= 4 is 35.3 Å². The molecule has 0 fully saturated rings. The number of rotatable bonds is 1. The maximum absolute atomic E-state index is 13.9. The third kappa shape index (κ3) is 2.74. The number of nitrogens with zero attached hydrogens (tertiary/aromatic N) is 2. The van der Waals surface area contributed by atoms with E-state index in [1.165, 1.54) is 15.9 Å². The fraction of sp³-hybridized carbons (Fsp3) is 0.100. The Balaban J connectivity index is 1.64. The van der Waals surface area contributed by atoms with Crippen molar-refractivity contribution < 1.29 is 4.39 Å². The summed E-state index contributed by atoms with van der Waals surface area (Å²) in [5.41, 5.74) is 3.22. The van der Waals surface area contributed by atoms with Gasteiger partial charge in [0.15, 0.2) is 0 Å². The van der Waals surface area contributed by atoms with Gasteiger partial charge in [-0.25, -0.2) is 4.39 Å². The van der Waals surface area contributed by atoms with Crippen LogP contribution in [0.1, 0.15) is 11.6 Å². The van der Waals surface area contributed by atoms with Crippen molar-refractivity contribution in [3.63, 3.8) is 0 Å². The average molecular weight is 382 g/mol. The predicted octanol–water partition coefficient (Wildman–Crippen LogP) is 5.74. The van der Waals surface area contributed by atoms with Gasteiger partial charge in [-0.3, -0.25) is 5.01 Å². The van der Waals surface area contributed by atoms with Gasteiger partial charge in [0.2, 0.25) is 0 Å². The van der Waals surface area contributed by atoms with Gasteiger partial charge in [0.1, 0.15) is 5.82 Å². The van der Waals surface area contributed by atoms with E-state index in [1.54, 1.807) is 36.0 Å². The lowest BCUT2D eigenvalue weighted by atomic mass is 10.1. The maximum atomic E-state index is 13.9. The molecule has 3 aromatic rings. The number of para-hydroxylation sites is 2. The van der Waals surface area contributed by atoms with E-state index in [2.05, 4.69) is 56.6 Å². The van der Waals surface area contributed by atoms with E-state index in [-0.39, 0.29) is 11.9 Å². The van der Waals surface area contributed by atoms with E-state index < -0.39 is 0 Å². The second kappa shape index (κ2) is 6.54. The SMILES string of the molecule is Fc1cccc(C2CNc3ccccc3SN3Sc4ccccc4N23)c1. The third-order valence-electron chi connectivity index (χ3n) is 4.54. The van der Waals surface area contributed by atoms with E-state index in [4.69, 9.17) is 0 Å². The van der Waals surface area contributed by atoms with Gasteiger partial charge in [-0.15, -0.1) is 0 Å². The number of anilines is 2. The molecule has 3 nitrogen and oxygen atoms in total. The number of nitrogens with one attached hydrogen (secondary N) is 1. The molecule has 2 aliphatic rings. The molecule has 2 heterocycles. The van der Waals surface area contributed by atoms with E-state index in [0.717, 1.165) is 16.9 Å². The summed E-state index contributed by atoms with van der Waals surface area (Å²) < 4.78 is 16.1. The lowest BCUT2D eigenvalue weighted by Gasteiger charge is -2.38. The van der Waals surface area contributed by atoms with E-state index in [1.807, 2.05) is 12.1 Å². The molecule has 1 atom stereocenters. The molecular formula is C20H16FN3S2. The monoisotopic (exact) mass is 381 g/mol. The third-order valence-corrected chi connectivity index (χ3v) is 6.75. The van der Waals surface area contributed by atoms with E-state index in [9.17, 15) is 4.39 Å². The zero-order chi connectivity index (χ0) is 17.5. The molecule has 0 aliphatic carbocycles. The standard InChI is InChI=1S/C20H16FN3S2/c21-15-7-5-6-14(12-15)18-13-22-16-8-1-3-10-19(16)25-24-23(18)17-9-2-4-11-20(17)26-24/h1-12,18,22H,13H2. The zero-order valence-electron chi connectivity index (χ0n) is 13.8. The van der Waals surface area contributed by atoms with E-state index in [0.29, 0.717) is 6.54 Å². The Kier molecular flexibility index (Phi) is 4.04. The van der Waals surface area contributed by atoms with Crippen LogP contribution in [0.4, 0.5) is 15.8 Å². The van der Waals surface area contributed by atoms with Gasteiger partial charge >= 0.3 is 0 Å². The summed E-state index contributed by atoms with van der Waals surface area (Å²) in [7, 11) is 0. The van der Waals surface area contributed by atoms with Gasteiger partial charge in [-0.05, 0) is 65.9 Å². The topological polar surface area (TPSA) is 18.5 Å². The summed E-state index contributed by atoms with van der Waals surface area (Å²) in [4.78, 5) is 2.39. The Bertz CT molecular complexity index is 965. The number of hydrazine groups is 1. The van der Waals surface area contributed by atoms with Crippen molar-refractivity contribution in [2.45, 2.75) is 15.8 Å². The summed E-state index contributed by atoms with van der Waals surface area (Å²) in [5, 5.41) is 5.82. The minimum atomic E-state index is -0.204. The zero-order valence-corrected chi connectivity index (χ0v) is 15.4. The molecule has 5 rings (SSSR count). The normalized spacial score (nSPS) is 19.0. The Morgan fingerprint density at radius 3 is 2.54 bits per heavy atom. The first-order chi connectivity index (χ1) is 12.8. The number of fused-ring (bicyclic) bond motifs is 4. The van der Waals surface area contributed by atoms with Crippen molar-refractivity contribution in [2.24, 2.45) is 0 Å². The Morgan fingerprint density at radius 2 is 1.65 bits per heavy atom. The quantitative estimate of drug-likeness (QED) is 0.540. The molecule has 0 saturated heterocycles. The second-order valence-electron chi connectivity index (χ2n) is 6.18. The average Bonchev–Trinajstić information content (AvgIpc) is 2.99. The number of halogens is 1. The number of benzene rings is 3. The highest BCUT2D eigenvalue weighted by Gasteiger charge is 2.37. The minimum Gasteiger partial charge on any atom is -0.382 e. The lowest BCUT2D eigenvalue weighted by Crippen LogP contribution is -2.39. The van der Waals surface area contributed by atoms with Crippen molar-refractivity contribution in [3.8, 4) is 0 Å². The van der Waals surface area contributed by atoms with Crippen LogP contribution >= 0.6 is 23.9 Å². The summed E-state index contributed by atoms with van der Waals surface area (Å²) in [5.74, 6) is -0.204. The van der Waals surface area contributed by atoms with Crippen molar-refractivity contribution in [1.29, 1.82) is 0 Å². The van der Waals surface area contributed by atoms with Gasteiger partial charge in [0.05, 0.1) is 16.6 Å². The Labute approximate surface area is 160 Å². The molecule has 1 unspecified atom stereocenters. The first-order valence-electron chi connectivity index (χ1n) is 8.42. The van der Waals surface area contributed by atoms with Gasteiger partial charge in [-0.2, -0.15) is 0 Å². The highest BCUT2D eigenvalue weighted by Crippen LogP contribution is 2.52. The van der Waals surface area contributed by atoms with Crippen LogP contribution in [-0.4, -0.2) is 10.4 Å². The van der Waals surface area contributed by atoms with Crippen molar-refractivity contribution in [3.05, 3.63) is 84.2 Å². The molecule has 0 bridgehead atoms. The maximum Gasteiger partial charge on any atom is 0.123 e. The van der Waals surface area contributed by atoms with Crippen molar-refractivity contribution in [2.75, 3.05) is 16.9 Å². The minimum absolute atomic E-state index is 0.0114. The highest BCUT2D eigenvalue weighted by atomic mass is 32.2. The molecule has 3 aromatic carbocycles. The molecular weight excluding hydrogens is 365 g/mol. The molecule has 0 saturated carbocycles. The summed E-state index contributed by atoms with van der Waals surface area (Å²) in [6.45, 7) is 0.687. The van der Waals surface area contributed by atoms with E-state index >= 15 is 0 Å². The molecule has 0 radical (unpaired) electrons. The van der Waals surface area contributed by atoms with Gasteiger partial charge in [-0.1, -0.05) is 40.2 Å². The summed E-state index contributed by atoms with van der Waals surface area (Å²) in [6, 6.07) is 23.6. The summed E-state index contributed by atoms with van der Waals surface area (Å²) in [6.07, 6.45) is 0. The molecule has 130 valence electrons.